The van der Waals surface area contributed by atoms with Crippen LogP contribution in [-0.2, 0) is 11.2 Å². The maximum Gasteiger partial charge on any atom is 0.0858 e. The first kappa shape index (κ1) is 13.9. The van der Waals surface area contributed by atoms with E-state index < -0.39 is 0 Å². The number of nitrogens with zero attached hydrogens (tertiary/aromatic N) is 2. The molecule has 1 aliphatic heterocycles. The molecular formula is C13H23N3OS. The molecule has 18 heavy (non-hydrogen) atoms. The smallest absolute Gasteiger partial charge is 0.0858 e. The minimum atomic E-state index is 0.289. The molecule has 2 unspecified atom stereocenters. The van der Waals surface area contributed by atoms with Crippen LogP contribution in [0.15, 0.2) is 11.7 Å². The number of rotatable bonds is 6. The summed E-state index contributed by atoms with van der Waals surface area (Å²) in [6.45, 7) is 6.37. The van der Waals surface area contributed by atoms with Crippen molar-refractivity contribution < 1.29 is 4.74 Å². The summed E-state index contributed by atoms with van der Waals surface area (Å²) in [6.07, 6.45) is 4.47. The summed E-state index contributed by atoms with van der Waals surface area (Å²) < 4.78 is 5.94. The standard InChI is InChI=1S/C13H23N3OS/c1-3-4-16-5-6-17-13(9-16)12(14-2)7-11-8-15-10-18-11/h8,10,12-14H,3-7,9H2,1-2H3. The molecule has 1 aromatic rings. The zero-order chi connectivity index (χ0) is 12.8. The predicted molar refractivity (Wildman–Crippen MR) is 75.1 cm³/mol. The molecule has 2 heterocycles. The van der Waals surface area contributed by atoms with Gasteiger partial charge < -0.3 is 10.1 Å². The number of hydrogen-bond donors (Lipinski definition) is 1. The molecule has 1 aromatic heterocycles. The van der Waals surface area contributed by atoms with Crippen molar-refractivity contribution in [1.29, 1.82) is 0 Å². The number of nitrogens with one attached hydrogen (secondary N) is 1. The summed E-state index contributed by atoms with van der Waals surface area (Å²) in [7, 11) is 2.02. The van der Waals surface area contributed by atoms with Crippen molar-refractivity contribution in [3.63, 3.8) is 0 Å². The highest BCUT2D eigenvalue weighted by molar-refractivity contribution is 7.09. The van der Waals surface area contributed by atoms with Crippen molar-refractivity contribution in [3.05, 3.63) is 16.6 Å². The van der Waals surface area contributed by atoms with E-state index in [1.54, 1.807) is 11.3 Å². The number of hydrogen-bond acceptors (Lipinski definition) is 5. The number of thiazole rings is 1. The average Bonchev–Trinajstić information content (AvgIpc) is 2.89. The molecule has 4 nitrogen and oxygen atoms in total. The number of morpholine rings is 1. The number of ether oxygens (including phenoxy) is 1. The van der Waals surface area contributed by atoms with Gasteiger partial charge in [-0.05, 0) is 20.0 Å². The Hall–Kier alpha value is -0.490. The average molecular weight is 269 g/mol. The molecule has 0 aliphatic carbocycles. The molecule has 2 atom stereocenters. The molecule has 1 fully saturated rings. The van der Waals surface area contributed by atoms with Gasteiger partial charge in [-0.3, -0.25) is 9.88 Å². The molecule has 1 saturated heterocycles. The van der Waals surface area contributed by atoms with E-state index in [2.05, 4.69) is 22.1 Å². The van der Waals surface area contributed by atoms with Crippen LogP contribution in [0.2, 0.25) is 0 Å². The van der Waals surface area contributed by atoms with Crippen molar-refractivity contribution >= 4 is 11.3 Å². The van der Waals surface area contributed by atoms with E-state index in [0.29, 0.717) is 6.04 Å². The van der Waals surface area contributed by atoms with Gasteiger partial charge in [-0.1, -0.05) is 6.92 Å². The van der Waals surface area contributed by atoms with Gasteiger partial charge in [0.1, 0.15) is 0 Å². The minimum Gasteiger partial charge on any atom is -0.374 e. The van der Waals surface area contributed by atoms with Crippen LogP contribution in [0.3, 0.4) is 0 Å². The lowest BCUT2D eigenvalue weighted by Gasteiger charge is -2.36. The summed E-state index contributed by atoms with van der Waals surface area (Å²) in [4.78, 5) is 7.97. The molecule has 5 heteroatoms. The predicted octanol–water partition coefficient (Wildman–Crippen LogP) is 1.38. The van der Waals surface area contributed by atoms with Gasteiger partial charge in [-0.2, -0.15) is 0 Å². The monoisotopic (exact) mass is 269 g/mol. The van der Waals surface area contributed by atoms with Gasteiger partial charge in [0.2, 0.25) is 0 Å². The summed E-state index contributed by atoms with van der Waals surface area (Å²) in [5.41, 5.74) is 1.90. The normalized spacial score (nSPS) is 23.1. The van der Waals surface area contributed by atoms with Gasteiger partial charge in [0, 0.05) is 36.6 Å². The van der Waals surface area contributed by atoms with Crippen LogP contribution in [-0.4, -0.2) is 55.3 Å². The van der Waals surface area contributed by atoms with E-state index in [4.69, 9.17) is 4.74 Å². The molecule has 0 radical (unpaired) electrons. The molecule has 102 valence electrons. The highest BCUT2D eigenvalue weighted by Gasteiger charge is 2.27. The summed E-state index contributed by atoms with van der Waals surface area (Å²) >= 11 is 1.72. The third-order valence-electron chi connectivity index (χ3n) is 3.44. The molecule has 1 N–H and O–H groups in total. The molecule has 0 spiro atoms. The SMILES string of the molecule is CCCN1CCOC(C(Cc2cncs2)NC)C1. The Morgan fingerprint density at radius 3 is 3.22 bits per heavy atom. The van der Waals surface area contributed by atoms with Crippen molar-refractivity contribution in [2.45, 2.75) is 31.9 Å². The van der Waals surface area contributed by atoms with Crippen molar-refractivity contribution in [2.24, 2.45) is 0 Å². The van der Waals surface area contributed by atoms with Crippen molar-refractivity contribution in [1.82, 2.24) is 15.2 Å². The molecule has 0 saturated carbocycles. The van der Waals surface area contributed by atoms with E-state index in [0.717, 1.165) is 26.1 Å². The lowest BCUT2D eigenvalue weighted by molar-refractivity contribution is -0.0449. The second kappa shape index (κ2) is 7.19. The molecule has 0 bridgehead atoms. The van der Waals surface area contributed by atoms with Gasteiger partial charge in [0.05, 0.1) is 18.2 Å². The molecule has 1 aliphatic rings. The largest absolute Gasteiger partial charge is 0.374 e. The number of aromatic nitrogens is 1. The minimum absolute atomic E-state index is 0.289. The van der Waals surface area contributed by atoms with E-state index in [-0.39, 0.29) is 6.10 Å². The summed E-state index contributed by atoms with van der Waals surface area (Å²) in [5, 5.41) is 3.40. The highest BCUT2D eigenvalue weighted by atomic mass is 32.1. The topological polar surface area (TPSA) is 37.4 Å². The first-order valence-corrected chi connectivity index (χ1v) is 7.60. The Morgan fingerprint density at radius 1 is 1.67 bits per heavy atom. The molecule has 2 rings (SSSR count). The Morgan fingerprint density at radius 2 is 2.56 bits per heavy atom. The van der Waals surface area contributed by atoms with Crippen molar-refractivity contribution in [3.8, 4) is 0 Å². The third kappa shape index (κ3) is 3.75. The van der Waals surface area contributed by atoms with Crippen LogP contribution in [0.4, 0.5) is 0 Å². The Bertz CT molecular complexity index is 329. The van der Waals surface area contributed by atoms with E-state index >= 15 is 0 Å². The Labute approximate surface area is 113 Å². The zero-order valence-electron chi connectivity index (χ0n) is 11.3. The second-order valence-electron chi connectivity index (χ2n) is 4.78. The first-order chi connectivity index (χ1) is 8.83. The van der Waals surface area contributed by atoms with E-state index in [1.165, 1.54) is 17.8 Å². The fourth-order valence-corrected chi connectivity index (χ4v) is 3.13. The lowest BCUT2D eigenvalue weighted by Crippen LogP contribution is -2.52. The van der Waals surface area contributed by atoms with Gasteiger partial charge in [-0.25, -0.2) is 0 Å². The van der Waals surface area contributed by atoms with E-state index in [9.17, 15) is 0 Å². The second-order valence-corrected chi connectivity index (χ2v) is 5.75. The molecular weight excluding hydrogens is 246 g/mol. The van der Waals surface area contributed by atoms with Crippen LogP contribution in [0.25, 0.3) is 0 Å². The maximum atomic E-state index is 5.94. The van der Waals surface area contributed by atoms with Crippen LogP contribution in [0.5, 0.6) is 0 Å². The first-order valence-electron chi connectivity index (χ1n) is 6.72. The Balaban J connectivity index is 1.90. The van der Waals surface area contributed by atoms with Crippen LogP contribution >= 0.6 is 11.3 Å². The Kier molecular flexibility index (Phi) is 5.56. The van der Waals surface area contributed by atoms with Gasteiger partial charge in [0.15, 0.2) is 0 Å². The third-order valence-corrected chi connectivity index (χ3v) is 4.24. The summed E-state index contributed by atoms with van der Waals surface area (Å²) in [5.74, 6) is 0. The quantitative estimate of drug-likeness (QED) is 0.847. The molecule has 0 amide bonds. The molecule has 0 aromatic carbocycles. The zero-order valence-corrected chi connectivity index (χ0v) is 12.1. The lowest BCUT2D eigenvalue weighted by atomic mass is 10.0. The van der Waals surface area contributed by atoms with Crippen LogP contribution < -0.4 is 5.32 Å². The fraction of sp³-hybridized carbons (Fsp3) is 0.769. The van der Waals surface area contributed by atoms with Crippen molar-refractivity contribution in [2.75, 3.05) is 33.3 Å². The van der Waals surface area contributed by atoms with Gasteiger partial charge in [0.25, 0.3) is 0 Å². The highest BCUT2D eigenvalue weighted by Crippen LogP contribution is 2.15. The maximum absolute atomic E-state index is 5.94. The van der Waals surface area contributed by atoms with Gasteiger partial charge >= 0.3 is 0 Å². The van der Waals surface area contributed by atoms with Crippen LogP contribution in [0, 0.1) is 0 Å². The van der Waals surface area contributed by atoms with Crippen LogP contribution in [0.1, 0.15) is 18.2 Å². The number of likely N-dealkylation sites (N-methyl/N-ethyl adjacent to an activating group) is 1. The van der Waals surface area contributed by atoms with Gasteiger partial charge in [-0.15, -0.1) is 11.3 Å². The fourth-order valence-electron chi connectivity index (χ4n) is 2.47. The van der Waals surface area contributed by atoms with E-state index in [1.807, 2.05) is 18.8 Å². The summed E-state index contributed by atoms with van der Waals surface area (Å²) in [6, 6.07) is 0.380.